The van der Waals surface area contributed by atoms with Crippen molar-refractivity contribution in [2.75, 3.05) is 0 Å². The van der Waals surface area contributed by atoms with Crippen molar-refractivity contribution in [3.63, 3.8) is 0 Å². The molecule has 1 heterocycles. The summed E-state index contributed by atoms with van der Waals surface area (Å²) in [5.74, 6) is 0.402. The number of benzene rings is 2. The van der Waals surface area contributed by atoms with Gasteiger partial charge in [-0.1, -0.05) is 30.3 Å². The third kappa shape index (κ3) is 2.85. The molecule has 0 aliphatic rings. The summed E-state index contributed by atoms with van der Waals surface area (Å²) >= 11 is 0. The molecule has 21 heavy (non-hydrogen) atoms. The smallest absolute Gasteiger partial charge is 0.131 e. The quantitative estimate of drug-likeness (QED) is 0.797. The maximum Gasteiger partial charge on any atom is 0.131 e. The van der Waals surface area contributed by atoms with E-state index in [0.717, 1.165) is 16.6 Å². The van der Waals surface area contributed by atoms with Crippen LogP contribution in [-0.4, -0.2) is 4.98 Å². The van der Waals surface area contributed by atoms with Gasteiger partial charge in [-0.2, -0.15) is 0 Å². The molecule has 0 radical (unpaired) electrons. The zero-order chi connectivity index (χ0) is 14.7. The third-order valence-corrected chi connectivity index (χ3v) is 3.28. The molecule has 0 aliphatic heterocycles. The molecule has 0 fully saturated rings. The van der Waals surface area contributed by atoms with Gasteiger partial charge in [-0.05, 0) is 18.2 Å². The minimum absolute atomic E-state index is 0.171. The van der Waals surface area contributed by atoms with Crippen LogP contribution in [0.4, 0.5) is 4.39 Å². The highest BCUT2D eigenvalue weighted by atomic mass is 19.1. The Morgan fingerprint density at radius 1 is 1.05 bits per heavy atom. The van der Waals surface area contributed by atoms with E-state index in [0.29, 0.717) is 17.9 Å². The molecule has 0 spiro atoms. The van der Waals surface area contributed by atoms with Crippen LogP contribution in [0.25, 0.3) is 10.9 Å². The van der Waals surface area contributed by atoms with Crippen molar-refractivity contribution in [2.24, 2.45) is 5.73 Å². The van der Waals surface area contributed by atoms with Gasteiger partial charge in [-0.15, -0.1) is 0 Å². The van der Waals surface area contributed by atoms with E-state index in [4.69, 9.17) is 10.5 Å². The molecule has 106 valence electrons. The third-order valence-electron chi connectivity index (χ3n) is 3.28. The van der Waals surface area contributed by atoms with Gasteiger partial charge in [0.1, 0.15) is 18.2 Å². The zero-order valence-corrected chi connectivity index (χ0v) is 11.4. The molecule has 0 atom stereocenters. The molecule has 4 heteroatoms. The molecule has 0 saturated carbocycles. The van der Waals surface area contributed by atoms with E-state index in [-0.39, 0.29) is 12.4 Å². The van der Waals surface area contributed by atoms with Crippen molar-refractivity contribution < 1.29 is 9.13 Å². The van der Waals surface area contributed by atoms with Gasteiger partial charge in [0, 0.05) is 23.6 Å². The number of pyridine rings is 1. The maximum atomic E-state index is 13.6. The summed E-state index contributed by atoms with van der Waals surface area (Å²) in [6.45, 7) is 0.506. The van der Waals surface area contributed by atoms with Gasteiger partial charge in [0.15, 0.2) is 0 Å². The second-order valence-corrected chi connectivity index (χ2v) is 4.71. The van der Waals surface area contributed by atoms with Gasteiger partial charge < -0.3 is 10.5 Å². The van der Waals surface area contributed by atoms with Gasteiger partial charge in [0.05, 0.1) is 11.2 Å². The molecule has 2 aromatic carbocycles. The van der Waals surface area contributed by atoms with Crippen molar-refractivity contribution in [3.05, 3.63) is 71.7 Å². The highest BCUT2D eigenvalue weighted by Gasteiger charge is 2.08. The Hall–Kier alpha value is -2.46. The topological polar surface area (TPSA) is 48.1 Å². The lowest BCUT2D eigenvalue weighted by Gasteiger charge is -2.11. The molecule has 3 nitrogen and oxygen atoms in total. The van der Waals surface area contributed by atoms with Gasteiger partial charge in [0.25, 0.3) is 0 Å². The van der Waals surface area contributed by atoms with Gasteiger partial charge in [-0.3, -0.25) is 4.98 Å². The Balaban J connectivity index is 1.94. The molecule has 0 bridgehead atoms. The minimum atomic E-state index is -0.269. The van der Waals surface area contributed by atoms with Gasteiger partial charge in [0.2, 0.25) is 0 Å². The largest absolute Gasteiger partial charge is 0.488 e. The number of halogens is 1. The van der Waals surface area contributed by atoms with E-state index in [1.807, 2.05) is 30.3 Å². The van der Waals surface area contributed by atoms with Crippen molar-refractivity contribution in [2.45, 2.75) is 13.2 Å². The monoisotopic (exact) mass is 282 g/mol. The minimum Gasteiger partial charge on any atom is -0.488 e. The number of aromatic nitrogens is 1. The van der Waals surface area contributed by atoms with Crippen LogP contribution in [0.5, 0.6) is 5.75 Å². The lowest BCUT2D eigenvalue weighted by Crippen LogP contribution is -2.03. The highest BCUT2D eigenvalue weighted by molar-refractivity contribution is 5.85. The van der Waals surface area contributed by atoms with Crippen LogP contribution in [0.2, 0.25) is 0 Å². The van der Waals surface area contributed by atoms with Crippen LogP contribution in [-0.2, 0) is 13.2 Å². The van der Waals surface area contributed by atoms with Gasteiger partial charge >= 0.3 is 0 Å². The van der Waals surface area contributed by atoms with Crippen molar-refractivity contribution in [3.8, 4) is 5.75 Å². The number of ether oxygens (including phenoxy) is 1. The van der Waals surface area contributed by atoms with Crippen LogP contribution in [0, 0.1) is 5.82 Å². The predicted octanol–water partition coefficient (Wildman–Crippen LogP) is 3.41. The van der Waals surface area contributed by atoms with E-state index in [9.17, 15) is 4.39 Å². The number of hydrogen-bond acceptors (Lipinski definition) is 3. The SMILES string of the molecule is NCc1cc(OCc2ccccc2F)c2ccccc2n1. The molecule has 3 rings (SSSR count). The van der Waals surface area contributed by atoms with Crippen LogP contribution in [0.1, 0.15) is 11.3 Å². The van der Waals surface area contributed by atoms with E-state index in [2.05, 4.69) is 4.98 Å². The Kier molecular flexibility index (Phi) is 3.79. The zero-order valence-electron chi connectivity index (χ0n) is 11.4. The summed E-state index contributed by atoms with van der Waals surface area (Å²) in [6.07, 6.45) is 0. The lowest BCUT2D eigenvalue weighted by atomic mass is 10.1. The summed E-state index contributed by atoms with van der Waals surface area (Å²) in [5, 5.41) is 0.894. The summed E-state index contributed by atoms with van der Waals surface area (Å²) in [6, 6.07) is 16.1. The van der Waals surface area contributed by atoms with E-state index < -0.39 is 0 Å². The Bertz CT molecular complexity index is 774. The second-order valence-electron chi connectivity index (χ2n) is 4.71. The fraction of sp³-hybridized carbons (Fsp3) is 0.118. The maximum absolute atomic E-state index is 13.6. The van der Waals surface area contributed by atoms with E-state index in [1.54, 1.807) is 18.2 Å². The molecular formula is C17H15FN2O. The molecule has 2 N–H and O–H groups in total. The molecule has 0 unspecified atom stereocenters. The first kappa shape index (κ1) is 13.5. The molecule has 0 amide bonds. The van der Waals surface area contributed by atoms with Gasteiger partial charge in [-0.25, -0.2) is 4.39 Å². The first-order chi connectivity index (χ1) is 10.3. The number of fused-ring (bicyclic) bond motifs is 1. The number of nitrogens with zero attached hydrogens (tertiary/aromatic N) is 1. The lowest BCUT2D eigenvalue weighted by molar-refractivity contribution is 0.303. The van der Waals surface area contributed by atoms with Crippen molar-refractivity contribution >= 4 is 10.9 Å². The standard InChI is InChI=1S/C17H15FN2O/c18-15-7-3-1-5-12(15)11-21-17-9-13(10-19)20-16-8-4-2-6-14(16)17/h1-9H,10-11,19H2. The Labute approximate surface area is 122 Å². The van der Waals surface area contributed by atoms with E-state index in [1.165, 1.54) is 6.07 Å². The summed E-state index contributed by atoms with van der Waals surface area (Å²) in [5.41, 5.74) is 7.75. The molecule has 3 aromatic rings. The fourth-order valence-corrected chi connectivity index (χ4v) is 2.19. The number of para-hydroxylation sites is 1. The first-order valence-electron chi connectivity index (χ1n) is 6.73. The predicted molar refractivity (Wildman–Crippen MR) is 80.4 cm³/mol. The molecule has 0 aliphatic carbocycles. The van der Waals surface area contributed by atoms with Crippen LogP contribution < -0.4 is 10.5 Å². The summed E-state index contributed by atoms with van der Waals surface area (Å²) < 4.78 is 19.4. The normalized spacial score (nSPS) is 10.8. The van der Waals surface area contributed by atoms with E-state index >= 15 is 0 Å². The average Bonchev–Trinajstić information content (AvgIpc) is 2.53. The molecule has 0 saturated heterocycles. The van der Waals surface area contributed by atoms with Crippen molar-refractivity contribution in [1.29, 1.82) is 0 Å². The summed E-state index contributed by atoms with van der Waals surface area (Å²) in [4.78, 5) is 4.45. The summed E-state index contributed by atoms with van der Waals surface area (Å²) in [7, 11) is 0. The average molecular weight is 282 g/mol. The van der Waals surface area contributed by atoms with Crippen LogP contribution in [0.15, 0.2) is 54.6 Å². The van der Waals surface area contributed by atoms with Crippen LogP contribution >= 0.6 is 0 Å². The fourth-order valence-electron chi connectivity index (χ4n) is 2.19. The number of hydrogen-bond donors (Lipinski definition) is 1. The Morgan fingerprint density at radius 2 is 1.81 bits per heavy atom. The first-order valence-corrected chi connectivity index (χ1v) is 6.73. The second kappa shape index (κ2) is 5.89. The molecule has 1 aromatic heterocycles. The van der Waals surface area contributed by atoms with Crippen molar-refractivity contribution in [1.82, 2.24) is 4.98 Å². The number of rotatable bonds is 4. The number of nitrogens with two attached hydrogens (primary N) is 1. The highest BCUT2D eigenvalue weighted by Crippen LogP contribution is 2.26. The van der Waals surface area contributed by atoms with Crippen LogP contribution in [0.3, 0.4) is 0 Å². The molecular weight excluding hydrogens is 267 g/mol. The Morgan fingerprint density at radius 3 is 2.62 bits per heavy atom.